The molecule has 0 fully saturated rings. The molecule has 0 bridgehead atoms. The van der Waals surface area contributed by atoms with Gasteiger partial charge in [0.05, 0.1) is 12.2 Å². The summed E-state index contributed by atoms with van der Waals surface area (Å²) in [5, 5.41) is 0. The smallest absolute Gasteiger partial charge is 0.317 e. The number of hydrogen-bond acceptors (Lipinski definition) is 2. The van der Waals surface area contributed by atoms with Crippen LogP contribution < -0.4 is 0 Å². The highest BCUT2D eigenvalue weighted by Gasteiger charge is 2.17. The van der Waals surface area contributed by atoms with Crippen molar-refractivity contribution in [3.63, 3.8) is 0 Å². The summed E-state index contributed by atoms with van der Waals surface area (Å²) in [5.74, 6) is -1.34. The fourth-order valence-corrected chi connectivity index (χ4v) is 1.97. The van der Waals surface area contributed by atoms with Crippen molar-refractivity contribution >= 4 is 5.97 Å². The highest BCUT2D eigenvalue weighted by atomic mass is 19.1. The van der Waals surface area contributed by atoms with Crippen LogP contribution >= 0.6 is 0 Å². The molecule has 0 spiro atoms. The topological polar surface area (TPSA) is 26.3 Å². The van der Waals surface area contributed by atoms with Gasteiger partial charge in [-0.05, 0) is 24.1 Å². The first-order valence-corrected chi connectivity index (χ1v) is 6.29. The minimum Gasteiger partial charge on any atom is -0.435 e. The van der Waals surface area contributed by atoms with Crippen LogP contribution in [0.5, 0.6) is 0 Å². The number of carbonyl (C=O) groups is 1. The van der Waals surface area contributed by atoms with E-state index >= 15 is 0 Å². The highest BCUT2D eigenvalue weighted by molar-refractivity contribution is 5.78. The molecule has 0 aliphatic heterocycles. The Bertz CT molecular complexity index is 620. The second kappa shape index (κ2) is 6.15. The Morgan fingerprint density at radius 2 is 1.95 bits per heavy atom. The average molecular weight is 270 g/mol. The number of ether oxygens (including phenoxy) is 1. The average Bonchev–Trinajstić information content (AvgIpc) is 2.47. The minimum atomic E-state index is -0.535. The molecular formula is C17H15FO2. The van der Waals surface area contributed by atoms with Crippen molar-refractivity contribution in [3.8, 4) is 11.1 Å². The number of halogens is 1. The van der Waals surface area contributed by atoms with Crippen molar-refractivity contribution in [2.24, 2.45) is 0 Å². The maximum absolute atomic E-state index is 14.2. The number of carbonyl (C=O) groups excluding carboxylic acids is 1. The van der Waals surface area contributed by atoms with Gasteiger partial charge in [0, 0.05) is 5.56 Å². The van der Waals surface area contributed by atoms with E-state index in [1.54, 1.807) is 19.1 Å². The SMILES string of the molecule is C=COC(=O)C(C)c1ccc(-c2ccccc2)c(F)c1. The minimum absolute atomic E-state index is 0.355. The van der Waals surface area contributed by atoms with Gasteiger partial charge in [0.1, 0.15) is 5.82 Å². The second-order valence-corrected chi connectivity index (χ2v) is 4.43. The zero-order valence-corrected chi connectivity index (χ0v) is 11.2. The van der Waals surface area contributed by atoms with Crippen LogP contribution in [0.25, 0.3) is 11.1 Å². The third-order valence-electron chi connectivity index (χ3n) is 3.13. The molecule has 1 atom stereocenters. The van der Waals surface area contributed by atoms with Crippen LogP contribution in [0, 0.1) is 5.82 Å². The molecule has 0 saturated carbocycles. The van der Waals surface area contributed by atoms with E-state index in [0.29, 0.717) is 11.1 Å². The molecule has 0 aliphatic carbocycles. The largest absolute Gasteiger partial charge is 0.435 e. The Morgan fingerprint density at radius 1 is 1.25 bits per heavy atom. The van der Waals surface area contributed by atoms with Gasteiger partial charge in [-0.25, -0.2) is 4.39 Å². The lowest BCUT2D eigenvalue weighted by atomic mass is 9.97. The maximum atomic E-state index is 14.2. The Morgan fingerprint density at radius 3 is 2.55 bits per heavy atom. The molecular weight excluding hydrogens is 255 g/mol. The summed E-state index contributed by atoms with van der Waals surface area (Å²) in [4.78, 5) is 11.6. The highest BCUT2D eigenvalue weighted by Crippen LogP contribution is 2.26. The van der Waals surface area contributed by atoms with Crippen LogP contribution in [0.2, 0.25) is 0 Å². The molecule has 2 rings (SSSR count). The van der Waals surface area contributed by atoms with Gasteiger partial charge in [-0.15, -0.1) is 0 Å². The summed E-state index contributed by atoms with van der Waals surface area (Å²) in [6.07, 6.45) is 1.08. The lowest BCUT2D eigenvalue weighted by molar-refractivity contribution is -0.139. The summed E-state index contributed by atoms with van der Waals surface area (Å²) in [6, 6.07) is 14.1. The van der Waals surface area contributed by atoms with Crippen molar-refractivity contribution in [2.45, 2.75) is 12.8 Å². The van der Waals surface area contributed by atoms with E-state index in [2.05, 4.69) is 6.58 Å². The number of benzene rings is 2. The van der Waals surface area contributed by atoms with Crippen molar-refractivity contribution < 1.29 is 13.9 Å². The fourth-order valence-electron chi connectivity index (χ4n) is 1.97. The third-order valence-corrected chi connectivity index (χ3v) is 3.13. The monoisotopic (exact) mass is 270 g/mol. The predicted octanol–water partition coefficient (Wildman–Crippen LogP) is 4.28. The van der Waals surface area contributed by atoms with Crippen LogP contribution in [0.3, 0.4) is 0 Å². The first-order chi connectivity index (χ1) is 9.63. The molecule has 2 aromatic carbocycles. The molecule has 0 aliphatic rings. The zero-order valence-electron chi connectivity index (χ0n) is 11.2. The number of rotatable bonds is 4. The van der Waals surface area contributed by atoms with Crippen molar-refractivity contribution in [1.29, 1.82) is 0 Å². The van der Waals surface area contributed by atoms with E-state index in [-0.39, 0.29) is 5.82 Å². The van der Waals surface area contributed by atoms with Crippen molar-refractivity contribution in [1.82, 2.24) is 0 Å². The molecule has 0 N–H and O–H groups in total. The van der Waals surface area contributed by atoms with E-state index < -0.39 is 11.9 Å². The Kier molecular flexibility index (Phi) is 4.31. The summed E-state index contributed by atoms with van der Waals surface area (Å²) >= 11 is 0. The van der Waals surface area contributed by atoms with Gasteiger partial charge in [0.2, 0.25) is 0 Å². The maximum Gasteiger partial charge on any atom is 0.317 e. The molecule has 0 radical (unpaired) electrons. The zero-order chi connectivity index (χ0) is 14.5. The Balaban J connectivity index is 2.31. The standard InChI is InChI=1S/C17H15FO2/c1-3-20-17(19)12(2)14-9-10-15(16(18)11-14)13-7-5-4-6-8-13/h3-12H,1H2,2H3. The van der Waals surface area contributed by atoms with Crippen LogP contribution in [-0.4, -0.2) is 5.97 Å². The summed E-state index contributed by atoms with van der Waals surface area (Å²) in [6.45, 7) is 5.00. The first-order valence-electron chi connectivity index (χ1n) is 6.29. The van der Waals surface area contributed by atoms with E-state index in [0.717, 1.165) is 11.8 Å². The molecule has 0 saturated heterocycles. The van der Waals surface area contributed by atoms with Gasteiger partial charge < -0.3 is 4.74 Å². The molecule has 3 heteroatoms. The molecule has 2 aromatic rings. The van der Waals surface area contributed by atoms with Gasteiger partial charge in [-0.1, -0.05) is 49.0 Å². The predicted molar refractivity (Wildman–Crippen MR) is 76.5 cm³/mol. The summed E-state index contributed by atoms with van der Waals surface area (Å²) in [5.41, 5.74) is 1.89. The van der Waals surface area contributed by atoms with E-state index in [1.165, 1.54) is 6.07 Å². The lowest BCUT2D eigenvalue weighted by Crippen LogP contribution is -2.10. The lowest BCUT2D eigenvalue weighted by Gasteiger charge is -2.11. The third kappa shape index (κ3) is 2.94. The molecule has 102 valence electrons. The van der Waals surface area contributed by atoms with Gasteiger partial charge in [0.15, 0.2) is 0 Å². The Hall–Kier alpha value is -2.42. The molecule has 2 nitrogen and oxygen atoms in total. The normalized spacial score (nSPS) is 11.7. The van der Waals surface area contributed by atoms with Crippen molar-refractivity contribution in [3.05, 3.63) is 72.8 Å². The van der Waals surface area contributed by atoms with Crippen LogP contribution in [-0.2, 0) is 9.53 Å². The molecule has 0 amide bonds. The fraction of sp³-hybridized carbons (Fsp3) is 0.118. The van der Waals surface area contributed by atoms with Crippen LogP contribution in [0.15, 0.2) is 61.4 Å². The first kappa shape index (κ1) is 14.0. The summed E-state index contributed by atoms with van der Waals surface area (Å²) < 4.78 is 18.9. The van der Waals surface area contributed by atoms with Crippen LogP contribution in [0.1, 0.15) is 18.4 Å². The van der Waals surface area contributed by atoms with Gasteiger partial charge in [-0.3, -0.25) is 4.79 Å². The number of esters is 1. The summed E-state index contributed by atoms with van der Waals surface area (Å²) in [7, 11) is 0. The number of hydrogen-bond donors (Lipinski definition) is 0. The van der Waals surface area contributed by atoms with Gasteiger partial charge in [0.25, 0.3) is 0 Å². The molecule has 0 heterocycles. The molecule has 20 heavy (non-hydrogen) atoms. The van der Waals surface area contributed by atoms with Gasteiger partial charge >= 0.3 is 5.97 Å². The van der Waals surface area contributed by atoms with Crippen molar-refractivity contribution in [2.75, 3.05) is 0 Å². The molecule has 1 unspecified atom stereocenters. The van der Waals surface area contributed by atoms with E-state index in [4.69, 9.17) is 4.74 Å². The second-order valence-electron chi connectivity index (χ2n) is 4.43. The van der Waals surface area contributed by atoms with E-state index in [1.807, 2.05) is 30.3 Å². The molecule has 0 aromatic heterocycles. The quantitative estimate of drug-likeness (QED) is 0.612. The van der Waals surface area contributed by atoms with E-state index in [9.17, 15) is 9.18 Å². The Labute approximate surface area is 117 Å². The van der Waals surface area contributed by atoms with Crippen LogP contribution in [0.4, 0.5) is 4.39 Å². The van der Waals surface area contributed by atoms with Gasteiger partial charge in [-0.2, -0.15) is 0 Å².